The number of amides is 1. The minimum absolute atomic E-state index is 0.0419. The Hall–Kier alpha value is -1.08. The lowest BCUT2D eigenvalue weighted by molar-refractivity contribution is -0.149. The van der Waals surface area contributed by atoms with Gasteiger partial charge in [0.2, 0.25) is 5.91 Å². The Labute approximate surface area is 141 Å². The molecule has 0 aromatic rings. The number of β-lactam (4-membered cyclic amide) rings is 1. The summed E-state index contributed by atoms with van der Waals surface area (Å²) in [5, 5.41) is -2.27. The molecule has 0 unspecified atom stereocenters. The van der Waals surface area contributed by atoms with Crippen LogP contribution in [0.25, 0.3) is 0 Å². The molecule has 0 saturated carbocycles. The van der Waals surface area contributed by atoms with Crippen LogP contribution in [0.15, 0.2) is 11.3 Å². The van der Waals surface area contributed by atoms with Gasteiger partial charge in [0.1, 0.15) is 11.1 Å². The van der Waals surface area contributed by atoms with Crippen LogP contribution in [0.2, 0.25) is 0 Å². The highest BCUT2D eigenvalue weighted by molar-refractivity contribution is 7.92. The summed E-state index contributed by atoms with van der Waals surface area (Å²) in [6.45, 7) is 3.92. The topological polar surface area (TPSA) is 80.8 Å². The van der Waals surface area contributed by atoms with E-state index >= 15 is 0 Å². The highest BCUT2D eigenvalue weighted by Crippen LogP contribution is 2.39. The van der Waals surface area contributed by atoms with Crippen LogP contribution in [0.1, 0.15) is 46.0 Å². The Morgan fingerprint density at radius 3 is 2.61 bits per heavy atom. The number of rotatable bonds is 7. The summed E-state index contributed by atoms with van der Waals surface area (Å²) in [6.07, 6.45) is 5.11. The van der Waals surface area contributed by atoms with Crippen LogP contribution in [-0.2, 0) is 24.2 Å². The molecule has 0 aromatic carbocycles. The molecule has 2 rings (SSSR count). The van der Waals surface area contributed by atoms with Crippen molar-refractivity contribution in [2.24, 2.45) is 0 Å². The number of carbonyl (C=O) groups excluding carboxylic acids is 2. The van der Waals surface area contributed by atoms with Crippen molar-refractivity contribution in [3.05, 3.63) is 11.3 Å². The van der Waals surface area contributed by atoms with Gasteiger partial charge < -0.3 is 4.74 Å². The number of hydrogen-bond donors (Lipinski definition) is 0. The van der Waals surface area contributed by atoms with Gasteiger partial charge in [-0.25, -0.2) is 13.2 Å². The molecule has 8 heteroatoms. The van der Waals surface area contributed by atoms with Gasteiger partial charge >= 0.3 is 5.97 Å². The van der Waals surface area contributed by atoms with Crippen molar-refractivity contribution in [3.8, 4) is 0 Å². The first kappa shape index (κ1) is 18.3. The van der Waals surface area contributed by atoms with Crippen LogP contribution in [-0.4, -0.2) is 48.3 Å². The molecule has 6 nitrogen and oxygen atoms in total. The third-order valence-electron chi connectivity index (χ3n) is 4.08. The lowest BCUT2D eigenvalue weighted by atomic mass is 10.1. The number of sulfone groups is 1. The maximum atomic E-state index is 12.2. The minimum atomic E-state index is -3.55. The molecule has 2 aliphatic rings. The minimum Gasteiger partial charge on any atom is -0.461 e. The number of ether oxygens (including phenoxy) is 1. The fraction of sp³-hybridized carbons (Fsp3) is 0.733. The van der Waals surface area contributed by atoms with Crippen molar-refractivity contribution in [1.82, 2.24) is 4.90 Å². The summed E-state index contributed by atoms with van der Waals surface area (Å²) in [7, 11) is -3.55. The van der Waals surface area contributed by atoms with Gasteiger partial charge in [0.05, 0.1) is 12.4 Å². The average molecular weight is 364 g/mol. The molecule has 2 aliphatic heterocycles. The highest BCUT2D eigenvalue weighted by Gasteiger charge is 2.59. The van der Waals surface area contributed by atoms with Crippen molar-refractivity contribution >= 4 is 33.3 Å². The number of hydrogen-bond acceptors (Lipinski definition) is 5. The first-order valence-electron chi connectivity index (χ1n) is 7.87. The van der Waals surface area contributed by atoms with Crippen LogP contribution >= 0.6 is 11.6 Å². The molecule has 1 amide bonds. The molecule has 0 spiro atoms. The molecule has 1 fully saturated rings. The van der Waals surface area contributed by atoms with Crippen molar-refractivity contribution in [2.45, 2.75) is 56.7 Å². The van der Waals surface area contributed by atoms with Gasteiger partial charge in [-0.05, 0) is 18.9 Å². The van der Waals surface area contributed by atoms with E-state index in [0.717, 1.165) is 37.0 Å². The van der Waals surface area contributed by atoms with Crippen LogP contribution in [0.4, 0.5) is 0 Å². The predicted molar refractivity (Wildman–Crippen MR) is 86.5 cm³/mol. The van der Waals surface area contributed by atoms with Crippen molar-refractivity contribution in [2.75, 3.05) is 12.4 Å². The summed E-state index contributed by atoms with van der Waals surface area (Å²) < 4.78 is 29.4. The quantitative estimate of drug-likeness (QED) is 0.299. The molecule has 0 aromatic heterocycles. The Balaban J connectivity index is 2.00. The second kappa shape index (κ2) is 7.21. The SMILES string of the molecule is CCCCCCCOC(=O)C1=C(C)CS(=O)(=O)[C@@H]2[C@@H](Cl)C(=O)N12. The molecule has 1 saturated heterocycles. The second-order valence-corrected chi connectivity index (χ2v) is 8.55. The standard InChI is InChI=1S/C15H22ClNO5S/c1-3-4-5-6-7-8-22-15(19)12-10(2)9-23(20,21)14-11(16)13(18)17(12)14/h11,14H,3-9H2,1-2H3/t11-,14+/m0/s1. The monoisotopic (exact) mass is 363 g/mol. The van der Waals surface area contributed by atoms with Gasteiger partial charge in [-0.15, -0.1) is 11.6 Å². The normalized spacial score (nSPS) is 25.9. The average Bonchev–Trinajstić information content (AvgIpc) is 2.48. The number of nitrogens with zero attached hydrogens (tertiary/aromatic N) is 1. The molecule has 2 atom stereocenters. The molecule has 130 valence electrons. The maximum Gasteiger partial charge on any atom is 0.355 e. The Morgan fingerprint density at radius 1 is 1.30 bits per heavy atom. The Bertz CT molecular complexity index is 628. The van der Waals surface area contributed by atoms with Crippen LogP contribution in [0.3, 0.4) is 0 Å². The second-order valence-electron chi connectivity index (χ2n) is 5.99. The Morgan fingerprint density at radius 2 is 1.96 bits per heavy atom. The van der Waals surface area contributed by atoms with Crippen molar-refractivity contribution in [3.63, 3.8) is 0 Å². The fourth-order valence-electron chi connectivity index (χ4n) is 2.88. The molecule has 2 heterocycles. The summed E-state index contributed by atoms with van der Waals surface area (Å²) >= 11 is 5.81. The van der Waals surface area contributed by atoms with Crippen molar-refractivity contribution < 1.29 is 22.7 Å². The van der Waals surface area contributed by atoms with Crippen molar-refractivity contribution in [1.29, 1.82) is 0 Å². The molecule has 23 heavy (non-hydrogen) atoms. The number of esters is 1. The maximum absolute atomic E-state index is 12.2. The molecule has 0 N–H and O–H groups in total. The van der Waals surface area contributed by atoms with E-state index < -0.39 is 32.5 Å². The predicted octanol–water partition coefficient (Wildman–Crippen LogP) is 1.98. The zero-order chi connectivity index (χ0) is 17.2. The Kier molecular flexibility index (Phi) is 5.73. The third kappa shape index (κ3) is 3.55. The van der Waals surface area contributed by atoms with E-state index in [4.69, 9.17) is 16.3 Å². The number of unbranched alkanes of at least 4 members (excludes halogenated alkanes) is 4. The first-order valence-corrected chi connectivity index (χ1v) is 10.0. The van der Waals surface area contributed by atoms with Gasteiger partial charge in [-0.1, -0.05) is 32.6 Å². The largest absolute Gasteiger partial charge is 0.461 e. The van der Waals surface area contributed by atoms with Gasteiger partial charge in [-0.2, -0.15) is 0 Å². The fourth-order valence-corrected chi connectivity index (χ4v) is 5.49. The molecular formula is C15H22ClNO5S. The van der Waals surface area contributed by atoms with Gasteiger partial charge in [0.15, 0.2) is 15.2 Å². The molecule has 0 radical (unpaired) electrons. The summed E-state index contributed by atoms with van der Waals surface area (Å²) in [5.74, 6) is -1.48. The van der Waals surface area contributed by atoms with Gasteiger partial charge in [0.25, 0.3) is 0 Å². The van der Waals surface area contributed by atoms with Crippen LogP contribution in [0.5, 0.6) is 0 Å². The van der Waals surface area contributed by atoms with E-state index in [2.05, 4.69) is 6.92 Å². The van der Waals surface area contributed by atoms with Gasteiger partial charge in [0, 0.05) is 0 Å². The van der Waals surface area contributed by atoms with Crippen LogP contribution < -0.4 is 0 Å². The summed E-state index contributed by atoms with van der Waals surface area (Å²) in [6, 6.07) is 0. The first-order chi connectivity index (χ1) is 10.8. The summed E-state index contributed by atoms with van der Waals surface area (Å²) in [5.41, 5.74) is 0.370. The zero-order valence-corrected chi connectivity index (χ0v) is 15.0. The third-order valence-corrected chi connectivity index (χ3v) is 6.71. The lowest BCUT2D eigenvalue weighted by Gasteiger charge is -2.46. The summed E-state index contributed by atoms with van der Waals surface area (Å²) in [4.78, 5) is 25.1. The van der Waals surface area contributed by atoms with E-state index in [9.17, 15) is 18.0 Å². The molecule has 0 bridgehead atoms. The zero-order valence-electron chi connectivity index (χ0n) is 13.4. The number of alkyl halides is 1. The molecular weight excluding hydrogens is 342 g/mol. The van der Waals surface area contributed by atoms with E-state index in [-0.39, 0.29) is 18.1 Å². The number of carbonyl (C=O) groups is 2. The highest BCUT2D eigenvalue weighted by atomic mass is 35.5. The van der Waals surface area contributed by atoms with E-state index in [1.165, 1.54) is 6.92 Å². The van der Waals surface area contributed by atoms with E-state index in [1.54, 1.807) is 0 Å². The molecule has 0 aliphatic carbocycles. The lowest BCUT2D eigenvalue weighted by Crippen LogP contribution is -2.68. The smallest absolute Gasteiger partial charge is 0.355 e. The van der Waals surface area contributed by atoms with E-state index in [1.807, 2.05) is 0 Å². The van der Waals surface area contributed by atoms with E-state index in [0.29, 0.717) is 5.57 Å². The number of halogens is 1. The number of fused-ring (bicyclic) bond motifs is 1. The van der Waals surface area contributed by atoms with Gasteiger partial charge in [-0.3, -0.25) is 9.69 Å². The van der Waals surface area contributed by atoms with Crippen LogP contribution in [0, 0.1) is 0 Å².